The Labute approximate surface area is 236 Å². The molecule has 2 spiro atoms. The monoisotopic (exact) mass is 553 g/mol. The molecule has 1 saturated carbocycles. The van der Waals surface area contributed by atoms with Gasteiger partial charge in [0.1, 0.15) is 23.7 Å². The molecule has 0 radical (unpaired) electrons. The van der Waals surface area contributed by atoms with Crippen LogP contribution in [-0.4, -0.2) is 45.5 Å². The van der Waals surface area contributed by atoms with E-state index >= 15 is 0 Å². The van der Waals surface area contributed by atoms with Gasteiger partial charge in [-0.3, -0.25) is 24.3 Å². The minimum Gasteiger partial charge on any atom is -0.325 e. The molecular formula is C31H28ClN5O3. The number of fused-ring (bicyclic) bond motifs is 3. The lowest BCUT2D eigenvalue weighted by Crippen LogP contribution is -2.46. The van der Waals surface area contributed by atoms with Crippen LogP contribution >= 0.6 is 11.6 Å². The van der Waals surface area contributed by atoms with Gasteiger partial charge in [0.25, 0.3) is 5.91 Å². The molecule has 202 valence electrons. The molecule has 0 unspecified atom stereocenters. The molecule has 3 aromatic rings. The number of hydrogen-bond acceptors (Lipinski definition) is 5. The van der Waals surface area contributed by atoms with Gasteiger partial charge in [-0.05, 0) is 67.1 Å². The molecule has 9 heteroatoms. The van der Waals surface area contributed by atoms with Gasteiger partial charge in [-0.1, -0.05) is 55.1 Å². The van der Waals surface area contributed by atoms with Gasteiger partial charge in [0.15, 0.2) is 0 Å². The van der Waals surface area contributed by atoms with E-state index in [4.69, 9.17) is 16.6 Å². The maximum Gasteiger partial charge on any atom is 0.256 e. The summed E-state index contributed by atoms with van der Waals surface area (Å²) >= 11 is 6.51. The van der Waals surface area contributed by atoms with Crippen molar-refractivity contribution in [2.45, 2.75) is 55.9 Å². The van der Waals surface area contributed by atoms with Crippen LogP contribution in [0.15, 0.2) is 65.8 Å². The lowest BCUT2D eigenvalue weighted by molar-refractivity contribution is -0.134. The summed E-state index contributed by atoms with van der Waals surface area (Å²) < 4.78 is 0. The topological polar surface area (TPSA) is 104 Å². The molecule has 4 aliphatic rings. The lowest BCUT2D eigenvalue weighted by atomic mass is 9.79. The zero-order valence-corrected chi connectivity index (χ0v) is 22.6. The Hall–Kier alpha value is -4.04. The van der Waals surface area contributed by atoms with E-state index in [0.29, 0.717) is 53.6 Å². The molecule has 1 fully saturated rings. The molecule has 40 heavy (non-hydrogen) atoms. The number of nitrogens with one attached hydrogen (secondary N) is 2. The van der Waals surface area contributed by atoms with Crippen molar-refractivity contribution in [3.8, 4) is 0 Å². The van der Waals surface area contributed by atoms with Gasteiger partial charge in [0, 0.05) is 23.0 Å². The molecule has 2 N–H and O–H groups in total. The minimum atomic E-state index is -0.818. The van der Waals surface area contributed by atoms with E-state index < -0.39 is 11.0 Å². The molecule has 0 bridgehead atoms. The Morgan fingerprint density at radius 1 is 1.00 bits per heavy atom. The van der Waals surface area contributed by atoms with Gasteiger partial charge in [-0.2, -0.15) is 0 Å². The van der Waals surface area contributed by atoms with Crippen molar-refractivity contribution in [2.75, 3.05) is 17.2 Å². The van der Waals surface area contributed by atoms with Crippen molar-refractivity contribution in [2.24, 2.45) is 4.99 Å². The van der Waals surface area contributed by atoms with Crippen molar-refractivity contribution in [1.29, 1.82) is 0 Å². The van der Waals surface area contributed by atoms with Crippen LogP contribution in [0, 0.1) is 0 Å². The summed E-state index contributed by atoms with van der Waals surface area (Å²) in [6.45, 7) is -0.160. The predicted octanol–water partition coefficient (Wildman–Crippen LogP) is 4.65. The number of hydrogen-bond donors (Lipinski definition) is 2. The quantitative estimate of drug-likeness (QED) is 0.490. The maximum atomic E-state index is 13.7. The van der Waals surface area contributed by atoms with Crippen LogP contribution in [0.5, 0.6) is 0 Å². The van der Waals surface area contributed by atoms with E-state index in [1.807, 2.05) is 48.5 Å². The summed E-state index contributed by atoms with van der Waals surface area (Å²) in [6.07, 6.45) is 7.09. The molecule has 7 rings (SSSR count). The number of nitrogens with zero attached hydrogens (tertiary/aromatic N) is 3. The second-order valence-corrected chi connectivity index (χ2v) is 11.6. The van der Waals surface area contributed by atoms with Crippen molar-refractivity contribution >= 4 is 46.7 Å². The highest BCUT2D eigenvalue weighted by Crippen LogP contribution is 2.47. The van der Waals surface area contributed by atoms with E-state index in [1.54, 1.807) is 12.3 Å². The summed E-state index contributed by atoms with van der Waals surface area (Å²) in [5.74, 6) is 0.590. The standard InChI is InChI=1S/C31H28ClN5O3/c32-24-9-3-2-7-22(24)27-36-31(12-4-1-5-13-31)29(40)37(27)18-25(38)34-21-11-10-19-16-30(17-20(19)15-21)23-8-6-14-33-26(23)35-28(30)39/h2-3,6-11,14-15H,1,4-5,12-13,16-18H2,(H,34,38)(H,33,35,39)/t30-/m1/s1. The molecule has 3 amide bonds. The third-order valence-corrected chi connectivity index (χ3v) is 9.11. The first-order chi connectivity index (χ1) is 19.4. The van der Waals surface area contributed by atoms with Crippen molar-refractivity contribution in [1.82, 2.24) is 9.88 Å². The number of amidine groups is 1. The fraction of sp³-hybridized carbons (Fsp3) is 0.323. The van der Waals surface area contributed by atoms with Crippen LogP contribution in [0.2, 0.25) is 5.02 Å². The second kappa shape index (κ2) is 9.27. The number of anilines is 2. The van der Waals surface area contributed by atoms with E-state index in [1.165, 1.54) is 4.90 Å². The number of amides is 3. The van der Waals surface area contributed by atoms with Crippen LogP contribution in [0.3, 0.4) is 0 Å². The Kier molecular flexibility index (Phi) is 5.78. The van der Waals surface area contributed by atoms with Gasteiger partial charge >= 0.3 is 0 Å². The van der Waals surface area contributed by atoms with Crippen molar-refractivity contribution in [3.63, 3.8) is 0 Å². The van der Waals surface area contributed by atoms with E-state index in [2.05, 4.69) is 15.6 Å². The molecule has 0 saturated heterocycles. The van der Waals surface area contributed by atoms with Crippen LogP contribution in [-0.2, 0) is 32.6 Å². The van der Waals surface area contributed by atoms with Crippen LogP contribution < -0.4 is 10.6 Å². The summed E-state index contributed by atoms with van der Waals surface area (Å²) in [5.41, 5.74) is 2.79. The number of aliphatic imine (C=N–C) groups is 1. The van der Waals surface area contributed by atoms with E-state index in [-0.39, 0.29) is 24.3 Å². The van der Waals surface area contributed by atoms with Gasteiger partial charge < -0.3 is 10.6 Å². The first kappa shape index (κ1) is 25.0. The first-order valence-electron chi connectivity index (χ1n) is 13.7. The predicted molar refractivity (Wildman–Crippen MR) is 153 cm³/mol. The van der Waals surface area contributed by atoms with Gasteiger partial charge in [0.2, 0.25) is 11.8 Å². The molecule has 2 aromatic carbocycles. The summed E-state index contributed by atoms with van der Waals surface area (Å²) in [4.78, 5) is 50.9. The first-order valence-corrected chi connectivity index (χ1v) is 14.1. The molecule has 2 aliphatic heterocycles. The van der Waals surface area contributed by atoms with Crippen LogP contribution in [0.4, 0.5) is 11.5 Å². The molecule has 8 nitrogen and oxygen atoms in total. The van der Waals surface area contributed by atoms with Crippen LogP contribution in [0.1, 0.15) is 54.4 Å². The van der Waals surface area contributed by atoms with E-state index in [9.17, 15) is 14.4 Å². The summed E-state index contributed by atoms with van der Waals surface area (Å²) in [5, 5.41) is 6.39. The molecule has 1 aromatic heterocycles. The number of pyridine rings is 1. The highest BCUT2D eigenvalue weighted by Gasteiger charge is 2.51. The highest BCUT2D eigenvalue weighted by molar-refractivity contribution is 6.35. The lowest BCUT2D eigenvalue weighted by Gasteiger charge is -2.29. The molecule has 2 aliphatic carbocycles. The Morgan fingerprint density at radius 3 is 2.62 bits per heavy atom. The fourth-order valence-corrected chi connectivity index (χ4v) is 7.02. The number of carbonyl (C=O) groups is 3. The highest BCUT2D eigenvalue weighted by atomic mass is 35.5. The SMILES string of the molecule is O=C(CN1C(=O)C2(CCCCC2)N=C1c1ccccc1Cl)Nc1ccc2c(c1)C[C@@]1(C2)C(=O)Nc2ncccc21. The van der Waals surface area contributed by atoms with Crippen molar-refractivity contribution < 1.29 is 14.4 Å². The minimum absolute atomic E-state index is 0.0430. The second-order valence-electron chi connectivity index (χ2n) is 11.2. The zero-order chi connectivity index (χ0) is 27.5. The number of aromatic nitrogens is 1. The smallest absolute Gasteiger partial charge is 0.256 e. The Balaban J connectivity index is 1.12. The van der Waals surface area contributed by atoms with Crippen LogP contribution in [0.25, 0.3) is 0 Å². The third kappa shape index (κ3) is 3.84. The average molecular weight is 554 g/mol. The van der Waals surface area contributed by atoms with Gasteiger partial charge in [-0.25, -0.2) is 4.98 Å². The number of benzene rings is 2. The number of halogens is 1. The van der Waals surface area contributed by atoms with Gasteiger partial charge in [-0.15, -0.1) is 0 Å². The third-order valence-electron chi connectivity index (χ3n) is 8.78. The van der Waals surface area contributed by atoms with Crippen molar-refractivity contribution in [3.05, 3.63) is 88.1 Å². The van der Waals surface area contributed by atoms with Gasteiger partial charge in [0.05, 0.1) is 10.4 Å². The number of rotatable bonds is 4. The largest absolute Gasteiger partial charge is 0.325 e. The molecule has 3 heterocycles. The normalized spacial score (nSPS) is 22.3. The zero-order valence-electron chi connectivity index (χ0n) is 21.9. The Morgan fingerprint density at radius 2 is 1.80 bits per heavy atom. The fourth-order valence-electron chi connectivity index (χ4n) is 6.80. The average Bonchev–Trinajstić information content (AvgIpc) is 3.56. The molecular weight excluding hydrogens is 526 g/mol. The summed E-state index contributed by atoms with van der Waals surface area (Å²) in [7, 11) is 0. The van der Waals surface area contributed by atoms with E-state index in [0.717, 1.165) is 36.0 Å². The Bertz CT molecular complexity index is 1610. The molecule has 1 atom stereocenters. The summed E-state index contributed by atoms with van der Waals surface area (Å²) in [6, 6.07) is 16.9. The number of carbonyl (C=O) groups excluding carboxylic acids is 3. The maximum absolute atomic E-state index is 13.7.